The van der Waals surface area contributed by atoms with Gasteiger partial charge in [-0.25, -0.2) is 14.6 Å². The van der Waals surface area contributed by atoms with Gasteiger partial charge in [0, 0.05) is 0 Å². The number of ether oxygens (including phenoxy) is 7. The summed E-state index contributed by atoms with van der Waals surface area (Å²) in [5.74, 6) is 1.44. The van der Waals surface area contributed by atoms with Crippen molar-refractivity contribution in [1.29, 1.82) is 0 Å². The van der Waals surface area contributed by atoms with Crippen LogP contribution in [0.1, 0.15) is 43.5 Å². The minimum atomic E-state index is -0.887. The summed E-state index contributed by atoms with van der Waals surface area (Å²) in [6.45, 7) is 5.83. The zero-order valence-electron chi connectivity index (χ0n) is 28.0. The van der Waals surface area contributed by atoms with Gasteiger partial charge in [0.05, 0.1) is 51.1 Å². The summed E-state index contributed by atoms with van der Waals surface area (Å²) in [5, 5.41) is 0. The second-order valence-corrected chi connectivity index (χ2v) is 13.8. The molecule has 12 nitrogen and oxygen atoms in total. The lowest BCUT2D eigenvalue weighted by atomic mass is 9.95. The molecule has 0 radical (unpaired) electrons. The van der Waals surface area contributed by atoms with E-state index >= 15 is 0 Å². The number of allylic oxidation sites excluding steroid dienone is 1. The van der Waals surface area contributed by atoms with Crippen LogP contribution >= 0.6 is 43.2 Å². The molecule has 0 N–H and O–H groups in total. The van der Waals surface area contributed by atoms with Crippen molar-refractivity contribution in [2.45, 2.75) is 33.4 Å². The number of carbonyl (C=O) groups excluding carboxylic acids is 2. The first-order valence-electron chi connectivity index (χ1n) is 15.8. The smallest absolute Gasteiger partial charge is 0.343 e. The molecule has 0 aliphatic carbocycles. The summed E-state index contributed by atoms with van der Waals surface area (Å²) < 4.78 is 41.8. The van der Waals surface area contributed by atoms with Crippen LogP contribution in [-0.4, -0.2) is 50.2 Å². The zero-order chi connectivity index (χ0) is 36.2. The molecule has 0 fully saturated rings. The standard InChI is InChI=1S/C36H32Br2N2O10S/c1-5-45-28-15-22(8-10-25(28)47-17-30(41)44-4)32-31(35(43)46-6-2)19(3)39-36-40(32)34(42)29(51-36)14-21-11-23(37)33(24(38)12-21)48-16-20-7-9-26-27(13-20)50-18-49-26/h7-15,32H,5-6,16-18H2,1-4H3/b29-14-/t32-/m1/s1. The van der Waals surface area contributed by atoms with Crippen molar-refractivity contribution < 1.29 is 42.7 Å². The van der Waals surface area contributed by atoms with E-state index in [0.717, 1.165) is 11.1 Å². The number of aromatic nitrogens is 1. The van der Waals surface area contributed by atoms with Crippen LogP contribution in [0.4, 0.5) is 0 Å². The van der Waals surface area contributed by atoms with E-state index in [1.807, 2.05) is 37.3 Å². The maximum absolute atomic E-state index is 14.2. The molecule has 51 heavy (non-hydrogen) atoms. The van der Waals surface area contributed by atoms with Crippen LogP contribution in [-0.2, 0) is 25.7 Å². The average molecular weight is 845 g/mol. The topological polar surface area (TPSA) is 133 Å². The molecule has 1 atom stereocenters. The Bertz CT molecular complexity index is 2210. The quantitative estimate of drug-likeness (QED) is 0.167. The molecule has 0 saturated carbocycles. The highest BCUT2D eigenvalue weighted by Gasteiger charge is 2.34. The molecular weight excluding hydrogens is 812 g/mol. The van der Waals surface area contributed by atoms with Gasteiger partial charge in [-0.1, -0.05) is 23.5 Å². The number of hydrogen-bond donors (Lipinski definition) is 0. The van der Waals surface area contributed by atoms with Crippen LogP contribution in [0.2, 0.25) is 0 Å². The Morgan fingerprint density at radius 1 is 0.980 bits per heavy atom. The van der Waals surface area contributed by atoms with Gasteiger partial charge in [-0.15, -0.1) is 0 Å². The molecule has 3 heterocycles. The molecule has 2 aliphatic rings. The highest BCUT2D eigenvalue weighted by molar-refractivity contribution is 9.11. The highest BCUT2D eigenvalue weighted by atomic mass is 79.9. The molecule has 3 aromatic carbocycles. The summed E-state index contributed by atoms with van der Waals surface area (Å²) in [4.78, 5) is 44.5. The van der Waals surface area contributed by atoms with Gasteiger partial charge in [0.1, 0.15) is 12.4 Å². The van der Waals surface area contributed by atoms with Crippen molar-refractivity contribution in [2.24, 2.45) is 4.99 Å². The first kappa shape index (κ1) is 36.2. The van der Waals surface area contributed by atoms with Gasteiger partial charge in [-0.05, 0) is 112 Å². The molecule has 1 aromatic heterocycles. The van der Waals surface area contributed by atoms with E-state index in [1.54, 1.807) is 38.1 Å². The number of thiazole rings is 1. The molecule has 6 rings (SSSR count). The van der Waals surface area contributed by atoms with Crippen molar-refractivity contribution in [3.05, 3.63) is 105 Å². The monoisotopic (exact) mass is 842 g/mol. The SMILES string of the molecule is CCOC(=O)C1=C(C)N=c2s/c(=C\c3cc(Br)c(OCc4ccc5c(c4)OCO5)c(Br)c3)c(=O)n2[C@@H]1c1ccc(OCC(=O)OC)c(OCC)c1. The molecule has 0 unspecified atom stereocenters. The van der Waals surface area contributed by atoms with Crippen molar-refractivity contribution in [3.63, 3.8) is 0 Å². The first-order chi connectivity index (χ1) is 24.6. The van der Waals surface area contributed by atoms with Crippen LogP contribution in [0.3, 0.4) is 0 Å². The van der Waals surface area contributed by atoms with Crippen LogP contribution in [0.5, 0.6) is 28.7 Å². The van der Waals surface area contributed by atoms with Gasteiger partial charge in [0.15, 0.2) is 34.4 Å². The van der Waals surface area contributed by atoms with Gasteiger partial charge in [0.25, 0.3) is 5.56 Å². The Morgan fingerprint density at radius 2 is 1.75 bits per heavy atom. The van der Waals surface area contributed by atoms with Crippen LogP contribution < -0.4 is 38.6 Å². The Balaban J connectivity index is 1.37. The molecule has 266 valence electrons. The maximum Gasteiger partial charge on any atom is 0.343 e. The summed E-state index contributed by atoms with van der Waals surface area (Å²) in [7, 11) is 1.27. The summed E-state index contributed by atoms with van der Waals surface area (Å²) in [6, 6.07) is 13.5. The third kappa shape index (κ3) is 7.70. The first-order valence-corrected chi connectivity index (χ1v) is 18.2. The summed E-state index contributed by atoms with van der Waals surface area (Å²) in [6.07, 6.45) is 1.76. The van der Waals surface area contributed by atoms with Crippen LogP contribution in [0, 0.1) is 0 Å². The maximum atomic E-state index is 14.2. The van der Waals surface area contributed by atoms with Gasteiger partial charge in [0.2, 0.25) is 6.79 Å². The second-order valence-electron chi connectivity index (χ2n) is 11.1. The van der Waals surface area contributed by atoms with Crippen LogP contribution in [0.25, 0.3) is 6.08 Å². The number of nitrogens with zero attached hydrogens (tertiary/aromatic N) is 2. The fourth-order valence-corrected chi connectivity index (χ4v) is 8.02. The lowest BCUT2D eigenvalue weighted by molar-refractivity contribution is -0.143. The third-order valence-electron chi connectivity index (χ3n) is 7.81. The minimum absolute atomic E-state index is 0.136. The predicted octanol–water partition coefficient (Wildman–Crippen LogP) is 5.58. The zero-order valence-corrected chi connectivity index (χ0v) is 31.9. The third-order valence-corrected chi connectivity index (χ3v) is 9.97. The molecule has 0 saturated heterocycles. The minimum Gasteiger partial charge on any atom is -0.490 e. The molecule has 0 amide bonds. The number of carbonyl (C=O) groups is 2. The Labute approximate surface area is 313 Å². The van der Waals surface area contributed by atoms with Crippen LogP contribution in [0.15, 0.2) is 78.5 Å². The Morgan fingerprint density at radius 3 is 2.47 bits per heavy atom. The fourth-order valence-electron chi connectivity index (χ4n) is 5.52. The van der Waals surface area contributed by atoms with E-state index < -0.39 is 18.0 Å². The number of hydrogen-bond acceptors (Lipinski definition) is 12. The number of halogens is 2. The molecule has 0 spiro atoms. The normalized spacial score (nSPS) is 14.9. The average Bonchev–Trinajstić information content (AvgIpc) is 3.70. The number of esters is 2. The van der Waals surface area contributed by atoms with E-state index in [-0.39, 0.29) is 37.7 Å². The Kier molecular flexibility index (Phi) is 11.2. The number of rotatable bonds is 12. The van der Waals surface area contributed by atoms with Crippen molar-refractivity contribution in [2.75, 3.05) is 33.7 Å². The fraction of sp³-hybridized carbons (Fsp3) is 0.278. The predicted molar refractivity (Wildman–Crippen MR) is 194 cm³/mol. The second kappa shape index (κ2) is 15.7. The molecule has 2 aliphatic heterocycles. The van der Waals surface area contributed by atoms with Crippen molar-refractivity contribution >= 4 is 61.2 Å². The van der Waals surface area contributed by atoms with Gasteiger partial charge >= 0.3 is 11.9 Å². The molecular formula is C36H32Br2N2O10S. The van der Waals surface area contributed by atoms with Gasteiger partial charge < -0.3 is 33.2 Å². The van der Waals surface area contributed by atoms with E-state index in [9.17, 15) is 14.4 Å². The molecule has 4 aromatic rings. The highest BCUT2D eigenvalue weighted by Crippen LogP contribution is 2.38. The van der Waals surface area contributed by atoms with E-state index in [0.29, 0.717) is 64.9 Å². The lowest BCUT2D eigenvalue weighted by Crippen LogP contribution is -2.40. The van der Waals surface area contributed by atoms with E-state index in [2.05, 4.69) is 36.9 Å². The summed E-state index contributed by atoms with van der Waals surface area (Å²) >= 11 is 8.44. The van der Waals surface area contributed by atoms with Crippen molar-refractivity contribution in [3.8, 4) is 28.7 Å². The number of fused-ring (bicyclic) bond motifs is 2. The molecule has 15 heteroatoms. The van der Waals surface area contributed by atoms with Gasteiger partial charge in [-0.3, -0.25) is 9.36 Å². The lowest BCUT2D eigenvalue weighted by Gasteiger charge is -2.25. The van der Waals surface area contributed by atoms with E-state index in [1.165, 1.54) is 23.0 Å². The number of methoxy groups -OCH3 is 1. The van der Waals surface area contributed by atoms with E-state index in [4.69, 9.17) is 33.2 Å². The summed E-state index contributed by atoms with van der Waals surface area (Å²) in [5.41, 5.74) is 2.48. The Hall–Kier alpha value is -4.60. The van der Waals surface area contributed by atoms with Crippen molar-refractivity contribution in [1.82, 2.24) is 4.57 Å². The number of benzene rings is 3. The van der Waals surface area contributed by atoms with Gasteiger partial charge in [-0.2, -0.15) is 0 Å². The largest absolute Gasteiger partial charge is 0.490 e. The molecule has 0 bridgehead atoms.